The number of ether oxygens (including phenoxy) is 2. The standard InChI is InChI=1S/C29H37N5O4S/c1-21(2)22-5-7-23(8-6-22)30-29(36)34(17-18-37-3)19-27-31-26(20-39-27)28(35)33-15-13-32(14-16-33)24-9-11-25(38-4)12-10-24/h5-12,20-21H,13-19H2,1-4H3,(H,30,36). The molecule has 2 aromatic carbocycles. The van der Waals surface area contributed by atoms with E-state index in [0.29, 0.717) is 49.4 Å². The Balaban J connectivity index is 1.34. The summed E-state index contributed by atoms with van der Waals surface area (Å²) in [5.74, 6) is 1.17. The molecule has 2 heterocycles. The Morgan fingerprint density at radius 3 is 2.33 bits per heavy atom. The number of amides is 3. The normalized spacial score (nSPS) is 13.5. The van der Waals surface area contributed by atoms with Crippen LogP contribution >= 0.6 is 11.3 Å². The molecule has 0 atom stereocenters. The molecule has 39 heavy (non-hydrogen) atoms. The summed E-state index contributed by atoms with van der Waals surface area (Å²) in [6, 6.07) is 15.6. The minimum absolute atomic E-state index is 0.0787. The lowest BCUT2D eigenvalue weighted by Crippen LogP contribution is -2.48. The SMILES string of the molecule is COCCN(Cc1nc(C(=O)N2CCN(c3ccc(OC)cc3)CC2)cs1)C(=O)Nc1ccc(C(C)C)cc1. The molecule has 1 saturated heterocycles. The van der Waals surface area contributed by atoms with E-state index in [2.05, 4.69) is 29.0 Å². The van der Waals surface area contributed by atoms with Crippen LogP contribution in [0.2, 0.25) is 0 Å². The molecule has 1 fully saturated rings. The van der Waals surface area contributed by atoms with Gasteiger partial charge in [0.2, 0.25) is 0 Å². The number of carbonyl (C=O) groups excluding carboxylic acids is 2. The number of carbonyl (C=O) groups is 2. The van der Waals surface area contributed by atoms with E-state index < -0.39 is 0 Å². The summed E-state index contributed by atoms with van der Waals surface area (Å²) in [6.07, 6.45) is 0. The Hall–Kier alpha value is -3.63. The average molecular weight is 552 g/mol. The van der Waals surface area contributed by atoms with Gasteiger partial charge < -0.3 is 29.5 Å². The van der Waals surface area contributed by atoms with Crippen molar-refractivity contribution >= 4 is 34.6 Å². The lowest BCUT2D eigenvalue weighted by molar-refractivity contribution is 0.0741. The van der Waals surface area contributed by atoms with E-state index >= 15 is 0 Å². The van der Waals surface area contributed by atoms with Gasteiger partial charge in [-0.2, -0.15) is 0 Å². The number of piperazine rings is 1. The number of thiazole rings is 1. The van der Waals surface area contributed by atoms with Crippen LogP contribution in [0.3, 0.4) is 0 Å². The number of anilines is 2. The van der Waals surface area contributed by atoms with Crippen molar-refractivity contribution in [1.29, 1.82) is 0 Å². The van der Waals surface area contributed by atoms with Crippen LogP contribution in [0.4, 0.5) is 16.2 Å². The van der Waals surface area contributed by atoms with Crippen LogP contribution in [0, 0.1) is 0 Å². The predicted molar refractivity (Wildman–Crippen MR) is 155 cm³/mol. The largest absolute Gasteiger partial charge is 0.497 e. The molecular weight excluding hydrogens is 514 g/mol. The quantitative estimate of drug-likeness (QED) is 0.385. The Bertz CT molecular complexity index is 1220. The van der Waals surface area contributed by atoms with Gasteiger partial charge in [0.05, 0.1) is 20.3 Å². The summed E-state index contributed by atoms with van der Waals surface area (Å²) < 4.78 is 10.5. The maximum Gasteiger partial charge on any atom is 0.322 e. The Morgan fingerprint density at radius 1 is 1.03 bits per heavy atom. The fraction of sp³-hybridized carbons (Fsp3) is 0.414. The van der Waals surface area contributed by atoms with Crippen molar-refractivity contribution in [2.75, 3.05) is 63.8 Å². The molecule has 0 unspecified atom stereocenters. The number of urea groups is 1. The molecule has 0 spiro atoms. The van der Waals surface area contributed by atoms with Gasteiger partial charge in [-0.1, -0.05) is 26.0 Å². The molecule has 10 heteroatoms. The van der Waals surface area contributed by atoms with Gasteiger partial charge in [0.1, 0.15) is 16.5 Å². The minimum Gasteiger partial charge on any atom is -0.497 e. The van der Waals surface area contributed by atoms with Crippen molar-refractivity contribution in [1.82, 2.24) is 14.8 Å². The number of benzene rings is 2. The van der Waals surface area contributed by atoms with Gasteiger partial charge >= 0.3 is 6.03 Å². The third kappa shape index (κ3) is 7.48. The maximum atomic E-state index is 13.2. The number of aromatic nitrogens is 1. The monoisotopic (exact) mass is 551 g/mol. The van der Waals surface area contributed by atoms with Crippen LogP contribution in [0.1, 0.15) is 40.8 Å². The fourth-order valence-electron chi connectivity index (χ4n) is 4.38. The van der Waals surface area contributed by atoms with Crippen molar-refractivity contribution in [3.63, 3.8) is 0 Å². The Morgan fingerprint density at radius 2 is 1.72 bits per heavy atom. The first kappa shape index (κ1) is 28.4. The van der Waals surface area contributed by atoms with E-state index in [1.165, 1.54) is 16.9 Å². The smallest absolute Gasteiger partial charge is 0.322 e. The van der Waals surface area contributed by atoms with E-state index in [0.717, 1.165) is 30.2 Å². The van der Waals surface area contributed by atoms with Crippen LogP contribution in [0.15, 0.2) is 53.9 Å². The first-order chi connectivity index (χ1) is 18.9. The van der Waals surface area contributed by atoms with Crippen molar-refractivity contribution < 1.29 is 19.1 Å². The van der Waals surface area contributed by atoms with Crippen LogP contribution in [-0.2, 0) is 11.3 Å². The van der Waals surface area contributed by atoms with E-state index in [1.807, 2.05) is 53.4 Å². The van der Waals surface area contributed by atoms with Gasteiger partial charge in [-0.25, -0.2) is 9.78 Å². The number of nitrogens with zero attached hydrogens (tertiary/aromatic N) is 4. The van der Waals surface area contributed by atoms with E-state index in [1.54, 1.807) is 24.5 Å². The third-order valence-electron chi connectivity index (χ3n) is 6.78. The predicted octanol–water partition coefficient (Wildman–Crippen LogP) is 4.92. The lowest BCUT2D eigenvalue weighted by atomic mass is 10.0. The average Bonchev–Trinajstić information content (AvgIpc) is 3.44. The number of hydrogen-bond donors (Lipinski definition) is 1. The van der Waals surface area contributed by atoms with Gasteiger partial charge in [0.25, 0.3) is 5.91 Å². The highest BCUT2D eigenvalue weighted by atomic mass is 32.1. The molecule has 4 rings (SSSR count). The van der Waals surface area contributed by atoms with Crippen molar-refractivity contribution in [2.45, 2.75) is 26.3 Å². The molecule has 1 aliphatic heterocycles. The molecule has 1 N–H and O–H groups in total. The molecular formula is C29H37N5O4S. The minimum atomic E-state index is -0.234. The number of methoxy groups -OCH3 is 2. The molecule has 0 aliphatic carbocycles. The maximum absolute atomic E-state index is 13.2. The summed E-state index contributed by atoms with van der Waals surface area (Å²) in [7, 11) is 3.26. The molecule has 3 amide bonds. The highest BCUT2D eigenvalue weighted by Gasteiger charge is 2.25. The van der Waals surface area contributed by atoms with E-state index in [9.17, 15) is 9.59 Å². The first-order valence-corrected chi connectivity index (χ1v) is 14.0. The third-order valence-corrected chi connectivity index (χ3v) is 7.62. The van der Waals surface area contributed by atoms with Crippen molar-refractivity contribution in [3.05, 3.63) is 70.2 Å². The van der Waals surface area contributed by atoms with Gasteiger partial charge in [-0.05, 0) is 47.9 Å². The molecule has 9 nitrogen and oxygen atoms in total. The molecule has 0 radical (unpaired) electrons. The Kier molecular flexibility index (Phi) is 9.78. The molecule has 3 aromatic rings. The van der Waals surface area contributed by atoms with Gasteiger partial charge in [0.15, 0.2) is 0 Å². The van der Waals surface area contributed by atoms with Crippen molar-refractivity contribution in [2.24, 2.45) is 0 Å². The van der Waals surface area contributed by atoms with Crippen LogP contribution in [0.25, 0.3) is 0 Å². The van der Waals surface area contributed by atoms with E-state index in [-0.39, 0.29) is 11.9 Å². The zero-order valence-electron chi connectivity index (χ0n) is 23.1. The Labute approximate surface area is 234 Å². The summed E-state index contributed by atoms with van der Waals surface area (Å²) in [5, 5.41) is 5.45. The first-order valence-electron chi connectivity index (χ1n) is 13.2. The summed E-state index contributed by atoms with van der Waals surface area (Å²) in [5.41, 5.74) is 3.48. The van der Waals surface area contributed by atoms with Gasteiger partial charge in [0, 0.05) is 56.6 Å². The highest BCUT2D eigenvalue weighted by Crippen LogP contribution is 2.22. The second kappa shape index (κ2) is 13.4. The van der Waals surface area contributed by atoms with Crippen LogP contribution in [-0.4, -0.2) is 80.3 Å². The van der Waals surface area contributed by atoms with Gasteiger partial charge in [-0.3, -0.25) is 4.79 Å². The second-order valence-corrected chi connectivity index (χ2v) is 10.7. The summed E-state index contributed by atoms with van der Waals surface area (Å²) in [4.78, 5) is 36.6. The topological polar surface area (TPSA) is 87.2 Å². The number of nitrogens with one attached hydrogen (secondary N) is 1. The number of rotatable bonds is 10. The molecule has 208 valence electrons. The van der Waals surface area contributed by atoms with E-state index in [4.69, 9.17) is 9.47 Å². The summed E-state index contributed by atoms with van der Waals surface area (Å²) >= 11 is 1.39. The molecule has 1 aliphatic rings. The lowest BCUT2D eigenvalue weighted by Gasteiger charge is -2.35. The zero-order valence-corrected chi connectivity index (χ0v) is 23.9. The fourth-order valence-corrected chi connectivity index (χ4v) is 5.16. The number of hydrogen-bond acceptors (Lipinski definition) is 7. The zero-order chi connectivity index (χ0) is 27.8. The molecule has 0 bridgehead atoms. The molecule has 0 saturated carbocycles. The summed E-state index contributed by atoms with van der Waals surface area (Å²) in [6.45, 7) is 8.10. The molecule has 1 aromatic heterocycles. The van der Waals surface area contributed by atoms with Crippen LogP contribution in [0.5, 0.6) is 5.75 Å². The van der Waals surface area contributed by atoms with Crippen molar-refractivity contribution in [3.8, 4) is 5.75 Å². The highest BCUT2D eigenvalue weighted by molar-refractivity contribution is 7.09. The van der Waals surface area contributed by atoms with Crippen LogP contribution < -0.4 is 15.0 Å². The van der Waals surface area contributed by atoms with Gasteiger partial charge in [-0.15, -0.1) is 11.3 Å². The second-order valence-electron chi connectivity index (χ2n) is 9.72.